The molecule has 0 saturated heterocycles. The molecular weight excluding hydrogens is 296 g/mol. The summed E-state index contributed by atoms with van der Waals surface area (Å²) in [6.45, 7) is 2.11. The molecule has 0 unspecified atom stereocenters. The minimum absolute atomic E-state index is 0.265. The van der Waals surface area contributed by atoms with E-state index in [9.17, 15) is 4.79 Å². The molecule has 3 nitrogen and oxygen atoms in total. The first kappa shape index (κ1) is 14.7. The summed E-state index contributed by atoms with van der Waals surface area (Å²) in [7, 11) is 0. The summed E-state index contributed by atoms with van der Waals surface area (Å²) in [5, 5.41) is 2.99. The predicted octanol–water partition coefficient (Wildman–Crippen LogP) is 5.00. The molecule has 4 heteroatoms. The number of benzene rings is 2. The molecule has 0 aliphatic carbocycles. The second-order valence-electron chi connectivity index (χ2n) is 4.79. The maximum atomic E-state index is 12.1. The van der Waals surface area contributed by atoms with Crippen molar-refractivity contribution < 1.29 is 13.9 Å². The van der Waals surface area contributed by atoms with Crippen LogP contribution in [0.2, 0.25) is 0 Å². The lowest BCUT2D eigenvalue weighted by Crippen LogP contribution is -2.04. The molecule has 0 atom stereocenters. The quantitative estimate of drug-likeness (QED) is 0.502. The summed E-state index contributed by atoms with van der Waals surface area (Å²) in [5.41, 5.74) is 1.72. The van der Waals surface area contributed by atoms with Crippen LogP contribution in [0.3, 0.4) is 0 Å². The van der Waals surface area contributed by atoms with Gasteiger partial charge in [0.05, 0.1) is 6.61 Å². The molecule has 0 spiro atoms. The zero-order valence-corrected chi connectivity index (χ0v) is 13.3. The Bertz CT molecular complexity index is 820. The molecule has 0 bridgehead atoms. The third kappa shape index (κ3) is 2.74. The van der Waals surface area contributed by atoms with E-state index in [0.29, 0.717) is 11.7 Å². The van der Waals surface area contributed by atoms with Crippen LogP contribution in [0.1, 0.15) is 17.5 Å². The van der Waals surface area contributed by atoms with Crippen molar-refractivity contribution in [1.82, 2.24) is 0 Å². The second kappa shape index (κ2) is 6.28. The fourth-order valence-corrected chi connectivity index (χ4v) is 2.79. The predicted molar refractivity (Wildman–Crippen MR) is 89.4 cm³/mol. The third-order valence-corrected chi connectivity index (χ3v) is 4.04. The van der Waals surface area contributed by atoms with Crippen molar-refractivity contribution in [3.05, 3.63) is 54.3 Å². The van der Waals surface area contributed by atoms with Gasteiger partial charge in [0.1, 0.15) is 0 Å². The summed E-state index contributed by atoms with van der Waals surface area (Å²) in [4.78, 5) is 12.1. The Kier molecular flexibility index (Phi) is 4.20. The Labute approximate surface area is 133 Å². The highest BCUT2D eigenvalue weighted by Crippen LogP contribution is 2.33. The van der Waals surface area contributed by atoms with E-state index >= 15 is 0 Å². The molecule has 0 saturated carbocycles. The Morgan fingerprint density at radius 2 is 1.91 bits per heavy atom. The minimum atomic E-state index is -0.425. The smallest absolute Gasteiger partial charge is 0.374 e. The number of ether oxygens (including phenoxy) is 1. The number of hydrogen-bond donors (Lipinski definition) is 0. The van der Waals surface area contributed by atoms with Crippen LogP contribution in [-0.2, 0) is 4.74 Å². The molecule has 1 aromatic heterocycles. The molecule has 0 fully saturated rings. The Morgan fingerprint density at radius 1 is 1.14 bits per heavy atom. The van der Waals surface area contributed by atoms with Crippen LogP contribution in [-0.4, -0.2) is 18.8 Å². The number of rotatable bonds is 4. The molecule has 0 aliphatic heterocycles. The van der Waals surface area contributed by atoms with Crippen LogP contribution >= 0.6 is 11.8 Å². The summed E-state index contributed by atoms with van der Waals surface area (Å²) in [6.07, 6.45) is 1.91. The zero-order valence-electron chi connectivity index (χ0n) is 12.5. The molecule has 1 heterocycles. The number of fused-ring (bicyclic) bond motifs is 1. The van der Waals surface area contributed by atoms with Crippen LogP contribution in [0.15, 0.2) is 58.0 Å². The van der Waals surface area contributed by atoms with Crippen LogP contribution < -0.4 is 0 Å². The minimum Gasteiger partial charge on any atom is -0.460 e. The van der Waals surface area contributed by atoms with Crippen molar-refractivity contribution in [2.75, 3.05) is 12.9 Å². The lowest BCUT2D eigenvalue weighted by Gasteiger charge is -2.04. The second-order valence-corrected chi connectivity index (χ2v) is 5.61. The fraction of sp³-hybridized carbons (Fsp3) is 0.167. The van der Waals surface area contributed by atoms with Gasteiger partial charge in [0.25, 0.3) is 0 Å². The monoisotopic (exact) mass is 312 g/mol. The van der Waals surface area contributed by atoms with E-state index in [1.165, 1.54) is 11.8 Å². The molecular formula is C18H16O3S. The summed E-state index contributed by atoms with van der Waals surface area (Å²) in [6, 6.07) is 16.1. The fourth-order valence-electron chi connectivity index (χ4n) is 2.39. The zero-order chi connectivity index (χ0) is 15.5. The van der Waals surface area contributed by atoms with Gasteiger partial charge in [-0.25, -0.2) is 4.79 Å². The van der Waals surface area contributed by atoms with Gasteiger partial charge in [-0.2, -0.15) is 0 Å². The van der Waals surface area contributed by atoms with Crippen molar-refractivity contribution >= 4 is 28.5 Å². The van der Waals surface area contributed by atoms with Gasteiger partial charge in [-0.05, 0) is 41.6 Å². The maximum Gasteiger partial charge on any atom is 0.374 e. The largest absolute Gasteiger partial charge is 0.460 e. The molecule has 0 N–H and O–H groups in total. The van der Waals surface area contributed by atoms with E-state index in [4.69, 9.17) is 9.15 Å². The van der Waals surface area contributed by atoms with Gasteiger partial charge in [-0.15, -0.1) is 0 Å². The molecule has 2 aromatic carbocycles. The number of furan rings is 1. The van der Waals surface area contributed by atoms with E-state index in [1.807, 2.05) is 36.6 Å². The highest BCUT2D eigenvalue weighted by Gasteiger charge is 2.20. The number of carbonyl (C=O) groups excluding carboxylic acids is 1. The number of esters is 1. The summed E-state index contributed by atoms with van der Waals surface area (Å²) in [5.74, 6) is -0.160. The number of carbonyl (C=O) groups is 1. The Hall–Kier alpha value is -2.20. The van der Waals surface area contributed by atoms with Gasteiger partial charge in [0, 0.05) is 5.56 Å². The van der Waals surface area contributed by atoms with E-state index in [2.05, 4.69) is 18.2 Å². The lowest BCUT2D eigenvalue weighted by atomic mass is 10.0. The van der Waals surface area contributed by atoms with Gasteiger partial charge in [-0.1, -0.05) is 48.2 Å². The van der Waals surface area contributed by atoms with E-state index in [1.54, 1.807) is 6.92 Å². The highest BCUT2D eigenvalue weighted by molar-refractivity contribution is 7.98. The van der Waals surface area contributed by atoms with Gasteiger partial charge in [0.15, 0.2) is 5.09 Å². The molecule has 22 heavy (non-hydrogen) atoms. The topological polar surface area (TPSA) is 39.4 Å². The number of hydrogen-bond acceptors (Lipinski definition) is 4. The van der Waals surface area contributed by atoms with Crippen LogP contribution in [0.4, 0.5) is 0 Å². The summed E-state index contributed by atoms with van der Waals surface area (Å²) >= 11 is 1.46. The molecule has 0 aliphatic rings. The maximum absolute atomic E-state index is 12.1. The first-order chi connectivity index (χ1) is 10.7. The van der Waals surface area contributed by atoms with Gasteiger partial charge >= 0.3 is 5.97 Å². The molecule has 0 amide bonds. The molecule has 0 radical (unpaired) electrons. The van der Waals surface area contributed by atoms with Crippen LogP contribution in [0, 0.1) is 0 Å². The SMILES string of the molecule is CCOC(=O)c1oc(SC)cc1-c1ccc2ccccc2c1. The normalized spacial score (nSPS) is 10.8. The summed E-state index contributed by atoms with van der Waals surface area (Å²) < 4.78 is 10.7. The van der Waals surface area contributed by atoms with E-state index in [-0.39, 0.29) is 5.76 Å². The van der Waals surface area contributed by atoms with E-state index < -0.39 is 5.97 Å². The van der Waals surface area contributed by atoms with Gasteiger partial charge < -0.3 is 9.15 Å². The standard InChI is InChI=1S/C18H16O3S/c1-3-20-18(19)17-15(11-16(21-17)22-2)14-9-8-12-6-4-5-7-13(12)10-14/h4-11H,3H2,1-2H3. The van der Waals surface area contributed by atoms with Crippen molar-refractivity contribution in [1.29, 1.82) is 0 Å². The third-order valence-electron chi connectivity index (χ3n) is 3.43. The first-order valence-electron chi connectivity index (χ1n) is 7.07. The highest BCUT2D eigenvalue weighted by atomic mass is 32.2. The Morgan fingerprint density at radius 3 is 2.64 bits per heavy atom. The van der Waals surface area contributed by atoms with Crippen molar-refractivity contribution in [3.8, 4) is 11.1 Å². The lowest BCUT2D eigenvalue weighted by molar-refractivity contribution is 0.0485. The average Bonchev–Trinajstić information content (AvgIpc) is 2.99. The Balaban J connectivity index is 2.12. The van der Waals surface area contributed by atoms with Crippen LogP contribution in [0.5, 0.6) is 0 Å². The van der Waals surface area contributed by atoms with Crippen LogP contribution in [0.25, 0.3) is 21.9 Å². The molecule has 3 rings (SSSR count). The van der Waals surface area contributed by atoms with Gasteiger partial charge in [0.2, 0.25) is 5.76 Å². The van der Waals surface area contributed by atoms with Gasteiger partial charge in [-0.3, -0.25) is 0 Å². The van der Waals surface area contributed by atoms with Crippen molar-refractivity contribution in [3.63, 3.8) is 0 Å². The van der Waals surface area contributed by atoms with Crippen molar-refractivity contribution in [2.45, 2.75) is 12.0 Å². The first-order valence-corrected chi connectivity index (χ1v) is 8.29. The molecule has 112 valence electrons. The number of thioether (sulfide) groups is 1. The van der Waals surface area contributed by atoms with Crippen molar-refractivity contribution in [2.24, 2.45) is 0 Å². The average molecular weight is 312 g/mol. The van der Waals surface area contributed by atoms with E-state index in [0.717, 1.165) is 21.9 Å². The molecule has 3 aromatic rings.